The molecule has 9 rings (SSSR count). The number of likely N-dealkylation sites (tertiary alicyclic amines) is 1. The van der Waals surface area contributed by atoms with Crippen LogP contribution in [0, 0.1) is 5.92 Å². The summed E-state index contributed by atoms with van der Waals surface area (Å²) in [6.45, 7) is 13.9. The number of aromatic nitrogens is 2. The Bertz CT molecular complexity index is 1850. The van der Waals surface area contributed by atoms with Crippen LogP contribution in [0.4, 0.5) is 0 Å². The second-order valence-corrected chi connectivity index (χ2v) is 17.8. The van der Waals surface area contributed by atoms with Crippen LogP contribution in [0.1, 0.15) is 151 Å². The molecule has 6 unspecified atom stereocenters. The number of benzene rings is 2. The van der Waals surface area contributed by atoms with E-state index in [9.17, 15) is 4.79 Å². The molecule has 2 saturated carbocycles. The number of carbonyl (C=O) groups excluding carboxylic acids is 1. The molecule has 4 fully saturated rings. The summed E-state index contributed by atoms with van der Waals surface area (Å²) in [4.78, 5) is 24.6. The van der Waals surface area contributed by atoms with E-state index in [2.05, 4.69) is 76.1 Å². The molecule has 2 saturated heterocycles. The summed E-state index contributed by atoms with van der Waals surface area (Å²) < 4.78 is 18.5. The molecule has 1 amide bonds. The lowest BCUT2D eigenvalue weighted by molar-refractivity contribution is -0.136. The number of amides is 1. The van der Waals surface area contributed by atoms with E-state index in [0.29, 0.717) is 30.4 Å². The first kappa shape index (κ1) is 33.8. The minimum absolute atomic E-state index is 0.0406. The van der Waals surface area contributed by atoms with Crippen molar-refractivity contribution in [2.24, 2.45) is 5.92 Å². The molecular weight excluding hydrogens is 635 g/mol. The number of nitrogens with zero attached hydrogens (tertiary/aromatic N) is 2. The topological polar surface area (TPSA) is 88.7 Å². The number of H-pyrrole nitrogens is 1. The first-order chi connectivity index (χ1) is 24.5. The van der Waals surface area contributed by atoms with E-state index < -0.39 is 0 Å². The largest absolute Gasteiger partial charge is 0.495 e. The van der Waals surface area contributed by atoms with Crippen molar-refractivity contribution in [1.82, 2.24) is 20.2 Å². The second-order valence-electron chi connectivity index (χ2n) is 17.8. The molecule has 6 atom stereocenters. The van der Waals surface area contributed by atoms with Crippen molar-refractivity contribution in [3.63, 3.8) is 0 Å². The molecule has 1 aromatic heterocycles. The Balaban J connectivity index is 1.07. The molecule has 8 nitrogen and oxygen atoms in total. The van der Waals surface area contributed by atoms with Crippen LogP contribution in [0.2, 0.25) is 0 Å². The van der Waals surface area contributed by atoms with E-state index in [1.807, 2.05) is 11.1 Å². The lowest BCUT2D eigenvalue weighted by Gasteiger charge is -2.32. The third-order valence-corrected chi connectivity index (χ3v) is 14.0. The smallest absolute Gasteiger partial charge is 0.399 e. The van der Waals surface area contributed by atoms with Gasteiger partial charge in [0, 0.05) is 19.2 Å². The zero-order valence-corrected chi connectivity index (χ0v) is 31.6. The summed E-state index contributed by atoms with van der Waals surface area (Å²) in [6.07, 6.45) is 11.5. The van der Waals surface area contributed by atoms with Gasteiger partial charge in [-0.1, -0.05) is 38.1 Å². The number of aromatic amines is 1. The van der Waals surface area contributed by atoms with Crippen LogP contribution in [-0.4, -0.2) is 65.5 Å². The zero-order chi connectivity index (χ0) is 35.4. The van der Waals surface area contributed by atoms with E-state index in [-0.39, 0.29) is 42.2 Å². The van der Waals surface area contributed by atoms with Crippen LogP contribution < -0.4 is 10.8 Å². The quantitative estimate of drug-likeness (QED) is 0.177. The van der Waals surface area contributed by atoms with E-state index in [1.165, 1.54) is 71.8 Å². The Morgan fingerprint density at radius 2 is 1.47 bits per heavy atom. The summed E-state index contributed by atoms with van der Waals surface area (Å²) in [5, 5.41) is 3.30. The molecule has 6 aliphatic rings. The number of rotatable bonds is 9. The van der Waals surface area contributed by atoms with Crippen LogP contribution in [-0.2, 0) is 18.8 Å². The fourth-order valence-electron chi connectivity index (χ4n) is 10.9. The molecule has 2 N–H and O–H groups in total. The fourth-order valence-corrected chi connectivity index (χ4v) is 10.9. The van der Waals surface area contributed by atoms with Crippen molar-refractivity contribution >= 4 is 18.5 Å². The maximum Gasteiger partial charge on any atom is 0.495 e. The van der Waals surface area contributed by atoms with Gasteiger partial charge >= 0.3 is 7.12 Å². The van der Waals surface area contributed by atoms with Gasteiger partial charge in [-0.05, 0) is 147 Å². The lowest BCUT2D eigenvalue weighted by Crippen LogP contribution is -2.49. The van der Waals surface area contributed by atoms with Gasteiger partial charge in [0.1, 0.15) is 5.82 Å². The van der Waals surface area contributed by atoms with E-state index in [4.69, 9.17) is 19.0 Å². The third kappa shape index (κ3) is 5.23. The summed E-state index contributed by atoms with van der Waals surface area (Å²) >= 11 is 0. The van der Waals surface area contributed by atoms with E-state index in [0.717, 1.165) is 30.9 Å². The predicted octanol–water partition coefficient (Wildman–Crippen LogP) is 7.65. The number of carbonyl (C=O) groups is 1. The highest BCUT2D eigenvalue weighted by atomic mass is 16.7. The Hall–Kier alpha value is -2.98. The van der Waals surface area contributed by atoms with Gasteiger partial charge in [0.05, 0.1) is 41.9 Å². The van der Waals surface area contributed by atoms with Crippen LogP contribution >= 0.6 is 0 Å². The molecule has 4 bridgehead atoms. The number of methoxy groups -OCH3 is 1. The average Bonchev–Trinajstić information content (AvgIpc) is 3.96. The van der Waals surface area contributed by atoms with Crippen LogP contribution in [0.5, 0.6) is 0 Å². The number of imidazole rings is 1. The maximum atomic E-state index is 13.8. The lowest BCUT2D eigenvalue weighted by atomic mass is 9.69. The molecule has 0 spiro atoms. The first-order valence-electron chi connectivity index (χ1n) is 19.7. The predicted molar refractivity (Wildman–Crippen MR) is 201 cm³/mol. The van der Waals surface area contributed by atoms with Crippen molar-refractivity contribution in [1.29, 1.82) is 0 Å². The number of hydrogen-bond acceptors (Lipinski definition) is 6. The number of fused-ring (bicyclic) bond motifs is 10. The summed E-state index contributed by atoms with van der Waals surface area (Å²) in [6, 6.07) is 9.22. The van der Waals surface area contributed by atoms with Crippen LogP contribution in [0.25, 0.3) is 22.4 Å². The normalized spacial score (nSPS) is 28.7. The minimum Gasteiger partial charge on any atom is -0.399 e. The molecule has 0 radical (unpaired) electrons. The molecule has 2 aromatic carbocycles. The number of ether oxygens (including phenoxy) is 1. The Morgan fingerprint density at radius 1 is 0.902 bits per heavy atom. The fraction of sp³-hybridized carbons (Fsp3) is 0.619. The van der Waals surface area contributed by atoms with Crippen molar-refractivity contribution in [2.75, 3.05) is 20.4 Å². The summed E-state index contributed by atoms with van der Waals surface area (Å²) in [5.41, 5.74) is 12.0. The van der Waals surface area contributed by atoms with Gasteiger partial charge in [-0.15, -0.1) is 0 Å². The van der Waals surface area contributed by atoms with E-state index in [1.54, 1.807) is 18.2 Å². The minimum atomic E-state index is -0.355. The van der Waals surface area contributed by atoms with Crippen LogP contribution in [0.3, 0.4) is 0 Å². The van der Waals surface area contributed by atoms with Crippen molar-refractivity contribution in [3.05, 3.63) is 58.5 Å². The standard InChI is InChI=1S/C42H55BN4O4/c1-23(2)38(45-22-49-7)40(48)47-18-8-9-33(47)39-44-21-32(46-39)30-15-14-28(34-24-10-11-26(19-24)36(30)34)29-16-17-31(37-27-13-12-25(20-27)35(29)37)43-50-41(3,4)42(5,6)51-43/h14-17,21,23-27,33,38,45H,8-13,18-20,22H2,1-7H3,(H,44,46). The molecule has 4 aliphatic carbocycles. The highest BCUT2D eigenvalue weighted by Gasteiger charge is 2.54. The third-order valence-electron chi connectivity index (χ3n) is 14.0. The molecule has 2 aliphatic heterocycles. The highest BCUT2D eigenvalue weighted by Crippen LogP contribution is 2.61. The SMILES string of the molecule is COCNC(C(=O)N1CCCC1c1ncc(-c2ccc(-c3ccc(B4OC(C)(C)C(C)(C)O4)c4c3C3CCC4C3)c3c2C2CCC3C2)[nH]1)C(C)C. The Labute approximate surface area is 303 Å². The maximum absolute atomic E-state index is 13.8. The number of nitrogens with one attached hydrogen (secondary N) is 2. The number of hydrogen-bond donors (Lipinski definition) is 2. The Kier molecular flexibility index (Phi) is 8.15. The summed E-state index contributed by atoms with van der Waals surface area (Å²) in [7, 11) is 1.34. The van der Waals surface area contributed by atoms with Crippen LogP contribution in [0.15, 0.2) is 30.5 Å². The average molecular weight is 691 g/mol. The van der Waals surface area contributed by atoms with Crippen molar-refractivity contribution < 1.29 is 18.8 Å². The molecule has 51 heavy (non-hydrogen) atoms. The van der Waals surface area contributed by atoms with Gasteiger partial charge in [0.25, 0.3) is 0 Å². The molecule has 270 valence electrons. The highest BCUT2D eigenvalue weighted by molar-refractivity contribution is 6.62. The van der Waals surface area contributed by atoms with Crippen molar-refractivity contribution in [3.8, 4) is 22.4 Å². The monoisotopic (exact) mass is 690 g/mol. The zero-order valence-electron chi connectivity index (χ0n) is 31.6. The van der Waals surface area contributed by atoms with Gasteiger partial charge < -0.3 is 23.9 Å². The molecular formula is C42H55BN4O4. The molecule has 3 heterocycles. The van der Waals surface area contributed by atoms with Gasteiger partial charge in [0.2, 0.25) is 5.91 Å². The van der Waals surface area contributed by atoms with E-state index >= 15 is 0 Å². The van der Waals surface area contributed by atoms with Gasteiger partial charge in [-0.25, -0.2) is 4.98 Å². The molecule has 3 aromatic rings. The molecule has 9 heteroatoms. The summed E-state index contributed by atoms with van der Waals surface area (Å²) in [5.74, 6) is 3.60. The second kappa shape index (κ2) is 12.3. The first-order valence-corrected chi connectivity index (χ1v) is 19.7. The Morgan fingerprint density at radius 3 is 2.10 bits per heavy atom. The van der Waals surface area contributed by atoms with Gasteiger partial charge in [-0.3, -0.25) is 10.1 Å². The van der Waals surface area contributed by atoms with Gasteiger partial charge in [0.15, 0.2) is 0 Å². The van der Waals surface area contributed by atoms with Crippen molar-refractivity contribution in [2.45, 2.75) is 140 Å². The van der Waals surface area contributed by atoms with Gasteiger partial charge in [-0.2, -0.15) is 0 Å².